The summed E-state index contributed by atoms with van der Waals surface area (Å²) in [6, 6.07) is 2.46. The minimum Gasteiger partial charge on any atom is -0.491 e. The van der Waals surface area contributed by atoms with Crippen LogP contribution in [-0.2, 0) is 25.5 Å². The third-order valence-electron chi connectivity index (χ3n) is 5.63. The summed E-state index contributed by atoms with van der Waals surface area (Å²) in [5, 5.41) is 9.17. The first-order valence-corrected chi connectivity index (χ1v) is 9.61. The van der Waals surface area contributed by atoms with Crippen LogP contribution in [0.25, 0.3) is 0 Å². The average molecular weight is 435 g/mol. The molecule has 10 heteroatoms. The third kappa shape index (κ3) is 3.78. The Hall–Kier alpha value is -3.27. The van der Waals surface area contributed by atoms with Crippen molar-refractivity contribution in [2.45, 2.75) is 25.8 Å². The number of rotatable bonds is 7. The van der Waals surface area contributed by atoms with Gasteiger partial charge in [0, 0.05) is 37.7 Å². The molecule has 0 aromatic heterocycles. The standard InChI is InChI=1S/C21H23F2N3O5/c1-12(5-8-27)26-7-6-25-11-21(20(24)30,10-13-3-4-14(22)9-15(13)23)18(28)17(31-2)16(25)19(26)29/h3-4,6-7,9,12,27H,5,8,10-11H2,1-2H3,(H2,24,30)/t12-,21?/m1/s1. The normalized spacial score (nSPS) is 22.0. The van der Waals surface area contributed by atoms with E-state index in [-0.39, 0.29) is 36.2 Å². The molecule has 1 aromatic carbocycles. The highest BCUT2D eigenvalue weighted by Crippen LogP contribution is 2.39. The second kappa shape index (κ2) is 8.46. The molecule has 8 nitrogen and oxygen atoms in total. The summed E-state index contributed by atoms with van der Waals surface area (Å²) >= 11 is 0. The maximum atomic E-state index is 14.3. The Morgan fingerprint density at radius 1 is 1.32 bits per heavy atom. The number of allylic oxidation sites excluding steroid dienone is 1. The van der Waals surface area contributed by atoms with Gasteiger partial charge in [-0.05, 0) is 31.4 Å². The predicted octanol–water partition coefficient (Wildman–Crippen LogP) is 0.806. The van der Waals surface area contributed by atoms with Gasteiger partial charge in [0.25, 0.3) is 5.91 Å². The summed E-state index contributed by atoms with van der Waals surface area (Å²) in [4.78, 5) is 41.7. The second-order valence-electron chi connectivity index (χ2n) is 7.57. The van der Waals surface area contributed by atoms with Crippen LogP contribution in [0.15, 0.2) is 42.1 Å². The first-order chi connectivity index (χ1) is 14.7. The number of fused-ring (bicyclic) bond motifs is 1. The number of halogens is 2. The third-order valence-corrected chi connectivity index (χ3v) is 5.63. The van der Waals surface area contributed by atoms with Crippen LogP contribution in [0, 0.1) is 17.0 Å². The van der Waals surface area contributed by atoms with Gasteiger partial charge in [0.05, 0.1) is 7.11 Å². The van der Waals surface area contributed by atoms with Crippen LogP contribution in [-0.4, -0.2) is 58.8 Å². The number of Topliss-reactive ketones (excluding diaryl/α,β-unsaturated/α-hetero) is 1. The molecule has 3 N–H and O–H groups in total. The summed E-state index contributed by atoms with van der Waals surface area (Å²) in [5.41, 5.74) is 3.52. The van der Waals surface area contributed by atoms with Crippen LogP contribution >= 0.6 is 0 Å². The van der Waals surface area contributed by atoms with Crippen LogP contribution in [0.3, 0.4) is 0 Å². The van der Waals surface area contributed by atoms with E-state index in [1.807, 2.05) is 0 Å². The van der Waals surface area contributed by atoms with Gasteiger partial charge >= 0.3 is 0 Å². The summed E-state index contributed by atoms with van der Waals surface area (Å²) in [6.07, 6.45) is 2.85. The number of hydrogen-bond donors (Lipinski definition) is 2. The van der Waals surface area contributed by atoms with E-state index < -0.39 is 41.1 Å². The fourth-order valence-corrected chi connectivity index (χ4v) is 3.85. The molecule has 0 bridgehead atoms. The Bertz CT molecular complexity index is 993. The highest BCUT2D eigenvalue weighted by molar-refractivity contribution is 6.17. The smallest absolute Gasteiger partial charge is 0.278 e. The quantitative estimate of drug-likeness (QED) is 0.613. The van der Waals surface area contributed by atoms with Crippen molar-refractivity contribution >= 4 is 17.6 Å². The zero-order chi connectivity index (χ0) is 22.9. The molecule has 0 aliphatic carbocycles. The van der Waals surface area contributed by atoms with Crippen LogP contribution < -0.4 is 5.73 Å². The fraction of sp³-hybridized carbons (Fsp3) is 0.381. The Morgan fingerprint density at radius 2 is 2.03 bits per heavy atom. The van der Waals surface area contributed by atoms with Crippen molar-refractivity contribution in [1.29, 1.82) is 0 Å². The monoisotopic (exact) mass is 435 g/mol. The molecular weight excluding hydrogens is 412 g/mol. The van der Waals surface area contributed by atoms with Gasteiger partial charge in [0.2, 0.25) is 11.7 Å². The van der Waals surface area contributed by atoms with E-state index in [4.69, 9.17) is 15.6 Å². The second-order valence-corrected chi connectivity index (χ2v) is 7.57. The van der Waals surface area contributed by atoms with Crippen molar-refractivity contribution in [1.82, 2.24) is 9.80 Å². The number of ether oxygens (including phenoxy) is 1. The number of hydrogen-bond acceptors (Lipinski definition) is 6. The molecular formula is C21H23F2N3O5. The van der Waals surface area contributed by atoms with Gasteiger partial charge in [-0.3, -0.25) is 14.4 Å². The van der Waals surface area contributed by atoms with Gasteiger partial charge in [-0.15, -0.1) is 0 Å². The Morgan fingerprint density at radius 3 is 2.61 bits per heavy atom. The summed E-state index contributed by atoms with van der Waals surface area (Å²) in [6.45, 7) is 1.28. The number of aliphatic hydroxyl groups is 1. The van der Waals surface area contributed by atoms with E-state index >= 15 is 0 Å². The number of benzene rings is 1. The molecule has 3 rings (SSSR count). The van der Waals surface area contributed by atoms with Gasteiger partial charge < -0.3 is 25.4 Å². The maximum Gasteiger partial charge on any atom is 0.278 e. The molecule has 31 heavy (non-hydrogen) atoms. The number of ketones is 1. The van der Waals surface area contributed by atoms with Crippen molar-refractivity contribution in [3.8, 4) is 0 Å². The van der Waals surface area contributed by atoms with Gasteiger partial charge in [-0.1, -0.05) is 6.07 Å². The number of primary amides is 1. The van der Waals surface area contributed by atoms with Crippen molar-refractivity contribution in [2.75, 3.05) is 20.3 Å². The van der Waals surface area contributed by atoms with Gasteiger partial charge in [0.15, 0.2) is 11.5 Å². The number of nitrogens with zero attached hydrogens (tertiary/aromatic N) is 2. The largest absolute Gasteiger partial charge is 0.491 e. The lowest BCUT2D eigenvalue weighted by Crippen LogP contribution is -2.58. The molecule has 0 radical (unpaired) electrons. The van der Waals surface area contributed by atoms with Crippen molar-refractivity contribution in [2.24, 2.45) is 11.1 Å². The van der Waals surface area contributed by atoms with E-state index in [0.29, 0.717) is 12.5 Å². The van der Waals surface area contributed by atoms with Crippen LogP contribution in [0.5, 0.6) is 0 Å². The first kappa shape index (κ1) is 22.4. The fourth-order valence-electron chi connectivity index (χ4n) is 3.85. The van der Waals surface area contributed by atoms with Gasteiger partial charge in [-0.25, -0.2) is 8.78 Å². The SMILES string of the molecule is COC1=C2C(=O)N([C@H](C)CCO)C=CN2CC(Cc2ccc(F)cc2F)(C(N)=O)C1=O. The van der Waals surface area contributed by atoms with Crippen LogP contribution in [0.1, 0.15) is 18.9 Å². The summed E-state index contributed by atoms with van der Waals surface area (Å²) in [7, 11) is 1.18. The zero-order valence-corrected chi connectivity index (χ0v) is 17.1. The Labute approximate surface area is 177 Å². The van der Waals surface area contributed by atoms with Crippen LogP contribution in [0.4, 0.5) is 8.78 Å². The van der Waals surface area contributed by atoms with Crippen molar-refractivity contribution < 1.29 is 33.0 Å². The predicted molar refractivity (Wildman–Crippen MR) is 105 cm³/mol. The molecule has 166 valence electrons. The first-order valence-electron chi connectivity index (χ1n) is 9.61. The Balaban J connectivity index is 2.07. The molecule has 0 fully saturated rings. The number of aliphatic hydroxyl groups excluding tert-OH is 1. The lowest BCUT2D eigenvalue weighted by atomic mass is 9.73. The van der Waals surface area contributed by atoms with E-state index in [1.54, 1.807) is 6.92 Å². The van der Waals surface area contributed by atoms with E-state index in [2.05, 4.69) is 0 Å². The highest BCUT2D eigenvalue weighted by Gasteiger charge is 2.54. The number of carbonyl (C=O) groups is 3. The van der Waals surface area contributed by atoms with Gasteiger partial charge in [-0.2, -0.15) is 0 Å². The van der Waals surface area contributed by atoms with E-state index in [9.17, 15) is 23.2 Å². The van der Waals surface area contributed by atoms with Crippen molar-refractivity contribution in [3.63, 3.8) is 0 Å². The minimum atomic E-state index is -1.93. The van der Waals surface area contributed by atoms with Crippen LogP contribution in [0.2, 0.25) is 0 Å². The number of amides is 2. The summed E-state index contributed by atoms with van der Waals surface area (Å²) < 4.78 is 32.8. The minimum absolute atomic E-state index is 0.0713. The highest BCUT2D eigenvalue weighted by atomic mass is 19.1. The number of methoxy groups -OCH3 is 1. The average Bonchev–Trinajstić information content (AvgIpc) is 2.71. The lowest BCUT2D eigenvalue weighted by Gasteiger charge is -2.43. The van der Waals surface area contributed by atoms with Crippen molar-refractivity contribution in [3.05, 3.63) is 59.3 Å². The topological polar surface area (TPSA) is 113 Å². The molecule has 1 aromatic rings. The molecule has 2 aliphatic heterocycles. The summed E-state index contributed by atoms with van der Waals surface area (Å²) in [5.74, 6) is -4.51. The molecule has 2 amide bonds. The Kier molecular flexibility index (Phi) is 6.12. The molecule has 2 heterocycles. The van der Waals surface area contributed by atoms with E-state index in [0.717, 1.165) is 12.1 Å². The van der Waals surface area contributed by atoms with Gasteiger partial charge in [0.1, 0.15) is 17.0 Å². The molecule has 1 unspecified atom stereocenters. The number of carbonyl (C=O) groups excluding carboxylic acids is 3. The molecule has 0 spiro atoms. The molecule has 0 saturated carbocycles. The molecule has 0 saturated heterocycles. The van der Waals surface area contributed by atoms with E-state index in [1.165, 1.54) is 29.3 Å². The lowest BCUT2D eigenvalue weighted by molar-refractivity contribution is -0.145. The zero-order valence-electron chi connectivity index (χ0n) is 17.1. The number of nitrogens with two attached hydrogens (primary N) is 1. The molecule has 2 atom stereocenters. The maximum absolute atomic E-state index is 14.3. The molecule has 2 aliphatic rings.